The Hall–Kier alpha value is -0.610. The van der Waals surface area contributed by atoms with Gasteiger partial charge in [0.2, 0.25) is 5.91 Å². The lowest BCUT2D eigenvalue weighted by Crippen LogP contribution is -2.55. The van der Waals surface area contributed by atoms with Crippen LogP contribution in [0.15, 0.2) is 0 Å². The summed E-state index contributed by atoms with van der Waals surface area (Å²) in [5, 5.41) is 2.92. The van der Waals surface area contributed by atoms with Crippen LogP contribution in [0.2, 0.25) is 0 Å². The van der Waals surface area contributed by atoms with Crippen LogP contribution in [0.1, 0.15) is 52.4 Å². The molecule has 0 saturated heterocycles. The number of hydrogen-bond acceptors (Lipinski definition) is 3. The number of nitrogens with one attached hydrogen (secondary N) is 1. The molecule has 1 saturated carbocycles. The third kappa shape index (κ3) is 5.04. The molecule has 1 fully saturated rings. The molecule has 0 unspecified atom stereocenters. The fraction of sp³-hybridized carbons (Fsp3) is 0.923. The Balaban J connectivity index is 2.15. The van der Waals surface area contributed by atoms with E-state index in [9.17, 15) is 4.79 Å². The summed E-state index contributed by atoms with van der Waals surface area (Å²) in [6.07, 6.45) is 6.09. The largest absolute Gasteiger partial charge is 0.379 e. The van der Waals surface area contributed by atoms with Crippen molar-refractivity contribution in [1.82, 2.24) is 5.32 Å². The molecule has 4 heteroatoms. The van der Waals surface area contributed by atoms with Crippen molar-refractivity contribution in [3.63, 3.8) is 0 Å². The van der Waals surface area contributed by atoms with Crippen LogP contribution >= 0.6 is 0 Å². The molecule has 1 aliphatic rings. The molecule has 0 aromatic carbocycles. The highest BCUT2D eigenvalue weighted by molar-refractivity contribution is 5.86. The second-order valence-corrected chi connectivity index (χ2v) is 5.25. The molecule has 100 valence electrons. The maximum Gasteiger partial charge on any atom is 0.240 e. The van der Waals surface area contributed by atoms with E-state index in [1.54, 1.807) is 0 Å². The summed E-state index contributed by atoms with van der Waals surface area (Å²) in [6.45, 7) is 5.37. The first-order valence-electron chi connectivity index (χ1n) is 6.73. The van der Waals surface area contributed by atoms with E-state index < -0.39 is 5.54 Å². The molecule has 0 aliphatic heterocycles. The minimum atomic E-state index is -0.614. The van der Waals surface area contributed by atoms with E-state index in [-0.39, 0.29) is 12.0 Å². The van der Waals surface area contributed by atoms with Crippen LogP contribution in [0.25, 0.3) is 0 Å². The predicted molar refractivity (Wildman–Crippen MR) is 68.7 cm³/mol. The summed E-state index contributed by atoms with van der Waals surface area (Å²) in [5.41, 5.74) is 5.51. The summed E-state index contributed by atoms with van der Waals surface area (Å²) < 4.78 is 5.41. The van der Waals surface area contributed by atoms with Crippen molar-refractivity contribution in [3.05, 3.63) is 0 Å². The fourth-order valence-corrected chi connectivity index (χ4v) is 2.18. The summed E-state index contributed by atoms with van der Waals surface area (Å²) in [5.74, 6) is 0.0155. The predicted octanol–water partition coefficient (Wildman–Crippen LogP) is 1.58. The van der Waals surface area contributed by atoms with Gasteiger partial charge < -0.3 is 15.8 Å². The highest BCUT2D eigenvalue weighted by Crippen LogP contribution is 2.25. The third-order valence-corrected chi connectivity index (χ3v) is 3.26. The zero-order valence-electron chi connectivity index (χ0n) is 11.1. The second kappa shape index (κ2) is 6.97. The minimum Gasteiger partial charge on any atom is -0.379 e. The van der Waals surface area contributed by atoms with Gasteiger partial charge in [-0.3, -0.25) is 4.79 Å². The van der Waals surface area contributed by atoms with Crippen molar-refractivity contribution in [2.45, 2.75) is 64.0 Å². The first-order valence-corrected chi connectivity index (χ1v) is 6.73. The van der Waals surface area contributed by atoms with Gasteiger partial charge in [-0.2, -0.15) is 0 Å². The number of amides is 1. The lowest BCUT2D eigenvalue weighted by Gasteiger charge is -2.31. The molecule has 1 rings (SSSR count). The number of rotatable bonds is 6. The van der Waals surface area contributed by atoms with Gasteiger partial charge in [0, 0.05) is 13.2 Å². The maximum atomic E-state index is 11.9. The molecule has 0 aromatic heterocycles. The zero-order chi connectivity index (χ0) is 12.7. The summed E-state index contributed by atoms with van der Waals surface area (Å²) >= 11 is 0. The topological polar surface area (TPSA) is 64.3 Å². The van der Waals surface area contributed by atoms with Crippen molar-refractivity contribution < 1.29 is 9.53 Å². The minimum absolute atomic E-state index is 0.0155. The Morgan fingerprint density at radius 2 is 2.00 bits per heavy atom. The number of carbonyl (C=O) groups is 1. The average molecular weight is 242 g/mol. The van der Waals surface area contributed by atoms with Gasteiger partial charge in [-0.15, -0.1) is 0 Å². The van der Waals surface area contributed by atoms with Gasteiger partial charge >= 0.3 is 0 Å². The molecule has 1 amide bonds. The van der Waals surface area contributed by atoms with Gasteiger partial charge in [-0.25, -0.2) is 0 Å². The van der Waals surface area contributed by atoms with Gasteiger partial charge in [0.25, 0.3) is 0 Å². The molecule has 4 nitrogen and oxygen atoms in total. The second-order valence-electron chi connectivity index (χ2n) is 5.25. The highest BCUT2D eigenvalue weighted by Gasteiger charge is 2.34. The van der Waals surface area contributed by atoms with Crippen molar-refractivity contribution in [1.29, 1.82) is 0 Å². The van der Waals surface area contributed by atoms with Crippen molar-refractivity contribution >= 4 is 5.91 Å². The smallest absolute Gasteiger partial charge is 0.240 e. The molecule has 0 aromatic rings. The van der Waals surface area contributed by atoms with E-state index in [1.807, 2.05) is 13.8 Å². The normalized spacial score (nSPS) is 19.3. The molecule has 3 N–H and O–H groups in total. The molecule has 0 heterocycles. The van der Waals surface area contributed by atoms with Gasteiger partial charge in [0.05, 0.1) is 11.6 Å². The van der Waals surface area contributed by atoms with Crippen molar-refractivity contribution in [2.24, 2.45) is 5.73 Å². The SMILES string of the molecule is CC(C)OCCCNC(=O)C1(N)CCCCC1. The molecular formula is C13H26N2O2. The number of nitrogens with two attached hydrogens (primary N) is 1. The molecule has 17 heavy (non-hydrogen) atoms. The summed E-state index contributed by atoms with van der Waals surface area (Å²) in [6, 6.07) is 0. The Morgan fingerprint density at radius 3 is 2.59 bits per heavy atom. The molecule has 1 aliphatic carbocycles. The molecule has 0 bridgehead atoms. The Bertz CT molecular complexity index is 236. The third-order valence-electron chi connectivity index (χ3n) is 3.26. The Kier molecular flexibility index (Phi) is 5.92. The van der Waals surface area contributed by atoms with Crippen molar-refractivity contribution in [2.75, 3.05) is 13.2 Å². The van der Waals surface area contributed by atoms with Gasteiger partial charge in [0.15, 0.2) is 0 Å². The van der Waals surface area contributed by atoms with Crippen LogP contribution in [-0.4, -0.2) is 30.7 Å². The van der Waals surface area contributed by atoms with Crippen molar-refractivity contribution in [3.8, 4) is 0 Å². The number of ether oxygens (including phenoxy) is 1. The number of carbonyl (C=O) groups excluding carboxylic acids is 1. The maximum absolute atomic E-state index is 11.9. The average Bonchev–Trinajstić information content (AvgIpc) is 2.29. The standard InChI is InChI=1S/C13H26N2O2/c1-11(2)17-10-6-9-15-12(16)13(14)7-4-3-5-8-13/h11H,3-10,14H2,1-2H3,(H,15,16). The number of hydrogen-bond donors (Lipinski definition) is 2. The van der Waals surface area contributed by atoms with E-state index >= 15 is 0 Å². The highest BCUT2D eigenvalue weighted by atomic mass is 16.5. The lowest BCUT2D eigenvalue weighted by atomic mass is 9.82. The quantitative estimate of drug-likeness (QED) is 0.695. The first-order chi connectivity index (χ1) is 8.04. The zero-order valence-corrected chi connectivity index (χ0v) is 11.1. The Morgan fingerprint density at radius 1 is 1.35 bits per heavy atom. The van der Waals surface area contributed by atoms with E-state index in [2.05, 4.69) is 5.32 Å². The molecule has 0 atom stereocenters. The van der Waals surface area contributed by atoms with Crippen LogP contribution in [-0.2, 0) is 9.53 Å². The molecular weight excluding hydrogens is 216 g/mol. The molecule has 0 radical (unpaired) electrons. The molecule has 0 spiro atoms. The van der Waals surface area contributed by atoms with Gasteiger partial charge in [-0.1, -0.05) is 19.3 Å². The van der Waals surface area contributed by atoms with Gasteiger partial charge in [0.1, 0.15) is 0 Å². The van der Waals surface area contributed by atoms with E-state index in [0.29, 0.717) is 13.2 Å². The fourth-order valence-electron chi connectivity index (χ4n) is 2.18. The van der Waals surface area contributed by atoms with E-state index in [1.165, 1.54) is 6.42 Å². The lowest BCUT2D eigenvalue weighted by molar-refractivity contribution is -0.127. The van der Waals surface area contributed by atoms with Crippen LogP contribution < -0.4 is 11.1 Å². The van der Waals surface area contributed by atoms with Crippen LogP contribution in [0, 0.1) is 0 Å². The summed E-state index contributed by atoms with van der Waals surface area (Å²) in [7, 11) is 0. The van der Waals surface area contributed by atoms with Crippen LogP contribution in [0.5, 0.6) is 0 Å². The van der Waals surface area contributed by atoms with Crippen LogP contribution in [0.3, 0.4) is 0 Å². The van der Waals surface area contributed by atoms with E-state index in [4.69, 9.17) is 10.5 Å². The monoisotopic (exact) mass is 242 g/mol. The van der Waals surface area contributed by atoms with Crippen LogP contribution in [0.4, 0.5) is 0 Å². The van der Waals surface area contributed by atoms with E-state index in [0.717, 1.165) is 32.1 Å². The van der Waals surface area contributed by atoms with Gasteiger partial charge in [-0.05, 0) is 33.1 Å². The Labute approximate surface area is 104 Å². The summed E-state index contributed by atoms with van der Waals surface area (Å²) in [4.78, 5) is 11.9. The first kappa shape index (κ1) is 14.5.